The lowest BCUT2D eigenvalue weighted by Crippen LogP contribution is -2.33. The third kappa shape index (κ3) is 3.75. The minimum atomic E-state index is -1.06. The summed E-state index contributed by atoms with van der Waals surface area (Å²) in [6.45, 7) is 2.02. The summed E-state index contributed by atoms with van der Waals surface area (Å²) in [5.41, 5.74) is 0.291. The fourth-order valence-corrected chi connectivity index (χ4v) is 1.95. The van der Waals surface area contributed by atoms with Crippen molar-refractivity contribution in [2.24, 2.45) is 5.92 Å². The number of carboxylic acid groups (broad SMARTS) is 1. The minimum Gasteiger partial charge on any atom is -0.478 e. The van der Waals surface area contributed by atoms with E-state index in [1.807, 2.05) is 0 Å². The van der Waals surface area contributed by atoms with E-state index in [2.05, 4.69) is 10.3 Å². The number of ether oxygens (including phenoxy) is 1. The molecule has 1 aliphatic rings. The van der Waals surface area contributed by atoms with E-state index in [0.717, 1.165) is 19.4 Å². The van der Waals surface area contributed by atoms with Gasteiger partial charge in [-0.2, -0.15) is 0 Å². The third-order valence-electron chi connectivity index (χ3n) is 3.05. The first-order valence-corrected chi connectivity index (χ1v) is 6.22. The summed E-state index contributed by atoms with van der Waals surface area (Å²) in [5.74, 6) is -1.00. The second-order valence-electron chi connectivity index (χ2n) is 4.53. The molecule has 0 aromatic carbocycles. The van der Waals surface area contributed by atoms with Gasteiger partial charge in [0.15, 0.2) is 0 Å². The predicted octanol–water partition coefficient (Wildman–Crippen LogP) is 0.936. The topological polar surface area (TPSA) is 88.5 Å². The number of hydrogen-bond acceptors (Lipinski definition) is 4. The number of carboxylic acids is 1. The maximum absolute atomic E-state index is 11.8. The second kappa shape index (κ2) is 6.29. The summed E-state index contributed by atoms with van der Waals surface area (Å²) in [6, 6.07) is 2.78. The molecule has 0 bridgehead atoms. The Morgan fingerprint density at radius 3 is 2.89 bits per heavy atom. The van der Waals surface area contributed by atoms with Gasteiger partial charge >= 0.3 is 5.97 Å². The molecule has 0 aliphatic carbocycles. The quantitative estimate of drug-likeness (QED) is 0.844. The average Bonchev–Trinajstić information content (AvgIpc) is 2.46. The van der Waals surface area contributed by atoms with Crippen molar-refractivity contribution >= 4 is 11.9 Å². The van der Waals surface area contributed by atoms with Crippen LogP contribution in [0.1, 0.15) is 33.7 Å². The van der Waals surface area contributed by atoms with Gasteiger partial charge in [-0.15, -0.1) is 0 Å². The Labute approximate surface area is 110 Å². The first-order valence-electron chi connectivity index (χ1n) is 6.22. The molecule has 1 aliphatic heterocycles. The summed E-state index contributed by atoms with van der Waals surface area (Å²) in [7, 11) is 0. The maximum atomic E-state index is 11.8. The van der Waals surface area contributed by atoms with E-state index in [9.17, 15) is 9.59 Å². The molecule has 0 radical (unpaired) electrons. The molecule has 1 aromatic rings. The number of aromatic nitrogens is 1. The molecule has 1 unspecified atom stereocenters. The van der Waals surface area contributed by atoms with Gasteiger partial charge in [-0.1, -0.05) is 0 Å². The van der Waals surface area contributed by atoms with Gasteiger partial charge in [0.2, 0.25) is 0 Å². The van der Waals surface area contributed by atoms with Crippen LogP contribution in [0.5, 0.6) is 0 Å². The number of rotatable bonds is 4. The van der Waals surface area contributed by atoms with Gasteiger partial charge in [0, 0.05) is 19.3 Å². The minimum absolute atomic E-state index is 0.0669. The lowest BCUT2D eigenvalue weighted by molar-refractivity contribution is 0.0535. The molecule has 1 fully saturated rings. The van der Waals surface area contributed by atoms with Crippen LogP contribution in [0.25, 0.3) is 0 Å². The van der Waals surface area contributed by atoms with Crippen LogP contribution in [0.4, 0.5) is 0 Å². The van der Waals surface area contributed by atoms with Crippen LogP contribution in [0.3, 0.4) is 0 Å². The van der Waals surface area contributed by atoms with Crippen molar-refractivity contribution < 1.29 is 19.4 Å². The molecule has 102 valence electrons. The summed E-state index contributed by atoms with van der Waals surface area (Å²) in [6.07, 6.45) is 3.25. The molecule has 1 amide bonds. The number of carbonyl (C=O) groups is 2. The Balaban J connectivity index is 1.86. The van der Waals surface area contributed by atoms with Gasteiger partial charge < -0.3 is 15.2 Å². The molecule has 1 atom stereocenters. The van der Waals surface area contributed by atoms with Crippen molar-refractivity contribution in [1.82, 2.24) is 10.3 Å². The van der Waals surface area contributed by atoms with Crippen molar-refractivity contribution in [1.29, 1.82) is 0 Å². The Bertz CT molecular complexity index is 452. The van der Waals surface area contributed by atoms with E-state index in [1.165, 1.54) is 18.3 Å². The predicted molar refractivity (Wildman–Crippen MR) is 67.1 cm³/mol. The highest BCUT2D eigenvalue weighted by molar-refractivity contribution is 5.93. The zero-order valence-corrected chi connectivity index (χ0v) is 10.5. The molecular weight excluding hydrogens is 248 g/mol. The highest BCUT2D eigenvalue weighted by Gasteiger charge is 2.16. The van der Waals surface area contributed by atoms with Gasteiger partial charge in [0.25, 0.3) is 5.91 Å². The second-order valence-corrected chi connectivity index (χ2v) is 4.53. The van der Waals surface area contributed by atoms with Crippen molar-refractivity contribution in [2.45, 2.75) is 12.8 Å². The number of pyridine rings is 1. The number of nitrogens with zero attached hydrogens (tertiary/aromatic N) is 1. The standard InChI is InChI=1S/C13H16N2O4/c16-12(15-6-9-2-1-5-19-8-9)11-4-3-10(7-14-11)13(17)18/h3-4,7,9H,1-2,5-6,8H2,(H,15,16)(H,17,18). The van der Waals surface area contributed by atoms with Crippen LogP contribution in [0, 0.1) is 5.92 Å². The molecule has 1 aromatic heterocycles. The fourth-order valence-electron chi connectivity index (χ4n) is 1.95. The number of nitrogens with one attached hydrogen (secondary N) is 1. The average molecular weight is 264 g/mol. The van der Waals surface area contributed by atoms with Crippen LogP contribution in [-0.2, 0) is 4.74 Å². The Kier molecular flexibility index (Phi) is 4.46. The van der Waals surface area contributed by atoms with E-state index in [-0.39, 0.29) is 17.2 Å². The van der Waals surface area contributed by atoms with Crippen molar-refractivity contribution in [3.63, 3.8) is 0 Å². The Morgan fingerprint density at radius 2 is 2.32 bits per heavy atom. The lowest BCUT2D eigenvalue weighted by atomic mass is 10.0. The Morgan fingerprint density at radius 1 is 1.47 bits per heavy atom. The zero-order chi connectivity index (χ0) is 13.7. The van der Waals surface area contributed by atoms with Gasteiger partial charge in [0.1, 0.15) is 5.69 Å². The largest absolute Gasteiger partial charge is 0.478 e. The molecule has 2 rings (SSSR count). The van der Waals surface area contributed by atoms with E-state index in [1.54, 1.807) is 0 Å². The van der Waals surface area contributed by atoms with E-state index < -0.39 is 5.97 Å². The molecule has 1 saturated heterocycles. The molecule has 2 heterocycles. The molecular formula is C13H16N2O4. The smallest absolute Gasteiger partial charge is 0.337 e. The number of carbonyl (C=O) groups excluding carboxylic acids is 1. The van der Waals surface area contributed by atoms with Gasteiger partial charge in [-0.05, 0) is 30.9 Å². The van der Waals surface area contributed by atoms with Crippen LogP contribution in [-0.4, -0.2) is 41.7 Å². The van der Waals surface area contributed by atoms with Gasteiger partial charge in [0.05, 0.1) is 12.2 Å². The monoisotopic (exact) mass is 264 g/mol. The fraction of sp³-hybridized carbons (Fsp3) is 0.462. The third-order valence-corrected chi connectivity index (χ3v) is 3.05. The van der Waals surface area contributed by atoms with Crippen molar-refractivity contribution in [2.75, 3.05) is 19.8 Å². The first kappa shape index (κ1) is 13.5. The first-order chi connectivity index (χ1) is 9.16. The maximum Gasteiger partial charge on any atom is 0.337 e. The zero-order valence-electron chi connectivity index (χ0n) is 10.5. The lowest BCUT2D eigenvalue weighted by Gasteiger charge is -2.22. The van der Waals surface area contributed by atoms with E-state index in [4.69, 9.17) is 9.84 Å². The summed E-state index contributed by atoms with van der Waals surface area (Å²) in [5, 5.41) is 11.5. The van der Waals surface area contributed by atoms with E-state index in [0.29, 0.717) is 19.1 Å². The van der Waals surface area contributed by atoms with Crippen molar-refractivity contribution in [3.8, 4) is 0 Å². The molecule has 19 heavy (non-hydrogen) atoms. The summed E-state index contributed by atoms with van der Waals surface area (Å²) >= 11 is 0. The number of amides is 1. The van der Waals surface area contributed by atoms with E-state index >= 15 is 0 Å². The van der Waals surface area contributed by atoms with Crippen LogP contribution >= 0.6 is 0 Å². The normalized spacial score (nSPS) is 18.8. The number of hydrogen-bond donors (Lipinski definition) is 2. The molecule has 6 heteroatoms. The van der Waals surface area contributed by atoms with Crippen molar-refractivity contribution in [3.05, 3.63) is 29.6 Å². The van der Waals surface area contributed by atoms with Gasteiger partial charge in [-0.25, -0.2) is 4.79 Å². The molecule has 0 spiro atoms. The molecule has 0 saturated carbocycles. The highest BCUT2D eigenvalue weighted by atomic mass is 16.5. The van der Waals surface area contributed by atoms with Crippen LogP contribution in [0.15, 0.2) is 18.3 Å². The number of aromatic carboxylic acids is 1. The van der Waals surface area contributed by atoms with Crippen LogP contribution < -0.4 is 5.32 Å². The summed E-state index contributed by atoms with van der Waals surface area (Å²) in [4.78, 5) is 26.3. The molecule has 6 nitrogen and oxygen atoms in total. The highest BCUT2D eigenvalue weighted by Crippen LogP contribution is 2.12. The Hall–Kier alpha value is -1.95. The van der Waals surface area contributed by atoms with Gasteiger partial charge in [-0.3, -0.25) is 9.78 Å². The summed E-state index contributed by atoms with van der Waals surface area (Å²) < 4.78 is 5.33. The SMILES string of the molecule is O=C(O)c1ccc(C(=O)NCC2CCCOC2)nc1. The molecule has 2 N–H and O–H groups in total. The van der Waals surface area contributed by atoms with Crippen LogP contribution in [0.2, 0.25) is 0 Å².